The van der Waals surface area contributed by atoms with Gasteiger partial charge in [0.15, 0.2) is 0 Å². The van der Waals surface area contributed by atoms with E-state index in [1.165, 1.54) is 154 Å². The number of nitrogens with one attached hydrogen (secondary N) is 1. The first kappa shape index (κ1) is 54.8. The molecule has 0 aromatic carbocycles. The highest BCUT2D eigenvalue weighted by Gasteiger charge is 2.19. The van der Waals surface area contributed by atoms with Crippen molar-refractivity contribution < 1.29 is 15.0 Å². The predicted octanol–water partition coefficient (Wildman–Crippen LogP) is 15.9. The van der Waals surface area contributed by atoms with Crippen LogP contribution in [0.2, 0.25) is 0 Å². The van der Waals surface area contributed by atoms with Gasteiger partial charge in [-0.25, -0.2) is 0 Å². The third kappa shape index (κ3) is 44.8. The van der Waals surface area contributed by atoms with Crippen LogP contribution in [0.3, 0.4) is 0 Å². The molecule has 0 aliphatic carbocycles. The zero-order valence-electron chi connectivity index (χ0n) is 37.8. The van der Waals surface area contributed by atoms with E-state index in [0.29, 0.717) is 19.3 Å². The fourth-order valence-corrected chi connectivity index (χ4v) is 7.27. The van der Waals surface area contributed by atoms with Gasteiger partial charge in [0.2, 0.25) is 5.91 Å². The van der Waals surface area contributed by atoms with Gasteiger partial charge in [0.05, 0.1) is 18.8 Å². The Labute approximate surface area is 355 Å². The van der Waals surface area contributed by atoms with Crippen molar-refractivity contribution in [3.63, 3.8) is 0 Å². The maximum absolute atomic E-state index is 12.4. The van der Waals surface area contributed by atoms with Crippen LogP contribution in [-0.4, -0.2) is 34.9 Å². The first-order chi connectivity index (χ1) is 28.2. The summed E-state index contributed by atoms with van der Waals surface area (Å²) in [4.78, 5) is 12.4. The molecule has 1 amide bonds. The molecule has 0 aromatic rings. The lowest BCUT2D eigenvalue weighted by Gasteiger charge is -2.22. The largest absolute Gasteiger partial charge is 0.394 e. The Kier molecular flexibility index (Phi) is 46.4. The quantitative estimate of drug-likeness (QED) is 0.0425. The second-order valence-electron chi connectivity index (χ2n) is 16.5. The molecule has 0 aliphatic rings. The van der Waals surface area contributed by atoms with Crippen LogP contribution in [-0.2, 0) is 4.79 Å². The number of allylic oxidation sites excluding steroid dienone is 12. The average Bonchev–Trinajstić information content (AvgIpc) is 3.22. The highest BCUT2D eigenvalue weighted by molar-refractivity contribution is 5.76. The molecule has 0 aliphatic heterocycles. The molecule has 4 heteroatoms. The van der Waals surface area contributed by atoms with Gasteiger partial charge in [-0.15, -0.1) is 0 Å². The maximum Gasteiger partial charge on any atom is 0.220 e. The van der Waals surface area contributed by atoms with Crippen molar-refractivity contribution in [2.24, 2.45) is 0 Å². The zero-order valence-corrected chi connectivity index (χ0v) is 37.8. The average molecular weight is 794 g/mol. The summed E-state index contributed by atoms with van der Waals surface area (Å²) in [6, 6.07) is -0.581. The van der Waals surface area contributed by atoms with Crippen LogP contribution in [0, 0.1) is 0 Å². The third-order valence-electron chi connectivity index (χ3n) is 11.0. The van der Waals surface area contributed by atoms with E-state index in [0.717, 1.165) is 51.4 Å². The summed E-state index contributed by atoms with van der Waals surface area (Å²) in [5.74, 6) is -0.113. The normalized spacial score (nSPS) is 13.5. The minimum absolute atomic E-state index is 0.113. The van der Waals surface area contributed by atoms with Crippen LogP contribution in [0.15, 0.2) is 72.9 Å². The SMILES string of the molecule is CC/C=C\C/C=C\C/C=C\C/C=C\C/C=C\C/C=C\CCC(=O)NC(CO)C(O)CCCCCCCCCCCCCCCCCCCCCCCCCCCC. The number of hydrogen-bond donors (Lipinski definition) is 3. The van der Waals surface area contributed by atoms with Gasteiger partial charge < -0.3 is 15.5 Å². The summed E-state index contributed by atoms with van der Waals surface area (Å²) >= 11 is 0. The first-order valence-corrected chi connectivity index (χ1v) is 24.6. The van der Waals surface area contributed by atoms with Crippen LogP contribution in [0.5, 0.6) is 0 Å². The van der Waals surface area contributed by atoms with Gasteiger partial charge in [-0.05, 0) is 51.4 Å². The van der Waals surface area contributed by atoms with E-state index in [1.807, 2.05) is 6.08 Å². The van der Waals surface area contributed by atoms with Crippen molar-refractivity contribution in [1.82, 2.24) is 5.32 Å². The Bertz CT molecular complexity index is 992. The molecule has 330 valence electrons. The molecule has 0 radical (unpaired) electrons. The molecule has 2 atom stereocenters. The Morgan fingerprint density at radius 1 is 0.439 bits per heavy atom. The van der Waals surface area contributed by atoms with E-state index in [4.69, 9.17) is 0 Å². The molecule has 0 aromatic heterocycles. The summed E-state index contributed by atoms with van der Waals surface area (Å²) in [5, 5.41) is 23.2. The number of aliphatic hydroxyl groups excluding tert-OH is 2. The second kappa shape index (κ2) is 48.2. The molecular weight excluding hydrogens is 699 g/mol. The van der Waals surface area contributed by atoms with E-state index in [9.17, 15) is 15.0 Å². The molecule has 4 nitrogen and oxygen atoms in total. The molecule has 0 saturated carbocycles. The summed E-state index contributed by atoms with van der Waals surface area (Å²) < 4.78 is 0. The number of unbranched alkanes of at least 4 members (excludes halogenated alkanes) is 25. The van der Waals surface area contributed by atoms with Crippen molar-refractivity contribution in [3.8, 4) is 0 Å². The highest BCUT2D eigenvalue weighted by Crippen LogP contribution is 2.17. The van der Waals surface area contributed by atoms with Crippen molar-refractivity contribution in [3.05, 3.63) is 72.9 Å². The van der Waals surface area contributed by atoms with Gasteiger partial charge in [0, 0.05) is 6.42 Å². The van der Waals surface area contributed by atoms with Crippen molar-refractivity contribution >= 4 is 5.91 Å². The number of hydrogen-bond acceptors (Lipinski definition) is 3. The number of amides is 1. The highest BCUT2D eigenvalue weighted by atomic mass is 16.3. The van der Waals surface area contributed by atoms with Gasteiger partial charge in [-0.2, -0.15) is 0 Å². The third-order valence-corrected chi connectivity index (χ3v) is 11.0. The molecule has 57 heavy (non-hydrogen) atoms. The molecule has 0 heterocycles. The zero-order chi connectivity index (χ0) is 41.4. The minimum Gasteiger partial charge on any atom is -0.394 e. The summed E-state index contributed by atoms with van der Waals surface area (Å²) in [7, 11) is 0. The molecule has 3 N–H and O–H groups in total. The lowest BCUT2D eigenvalue weighted by molar-refractivity contribution is -0.123. The van der Waals surface area contributed by atoms with Gasteiger partial charge in [0.25, 0.3) is 0 Å². The lowest BCUT2D eigenvalue weighted by Crippen LogP contribution is -2.45. The minimum atomic E-state index is -0.695. The monoisotopic (exact) mass is 794 g/mol. The molecule has 0 saturated heterocycles. The number of carbonyl (C=O) groups excluding carboxylic acids is 1. The molecule has 2 unspecified atom stereocenters. The van der Waals surface area contributed by atoms with Crippen LogP contribution < -0.4 is 5.32 Å². The molecule has 0 spiro atoms. The van der Waals surface area contributed by atoms with Crippen molar-refractivity contribution in [2.75, 3.05) is 6.61 Å². The number of aliphatic hydroxyl groups is 2. The predicted molar refractivity (Wildman–Crippen MR) is 253 cm³/mol. The van der Waals surface area contributed by atoms with Gasteiger partial charge in [0.1, 0.15) is 0 Å². The number of rotatable bonds is 44. The van der Waals surface area contributed by atoms with Gasteiger partial charge in [-0.1, -0.05) is 254 Å². The van der Waals surface area contributed by atoms with E-state index in [2.05, 4.69) is 86.0 Å². The lowest BCUT2D eigenvalue weighted by atomic mass is 10.0. The fourth-order valence-electron chi connectivity index (χ4n) is 7.27. The Hall–Kier alpha value is -2.17. The van der Waals surface area contributed by atoms with Crippen LogP contribution in [0.25, 0.3) is 0 Å². The Morgan fingerprint density at radius 3 is 1.05 bits per heavy atom. The smallest absolute Gasteiger partial charge is 0.220 e. The first-order valence-electron chi connectivity index (χ1n) is 24.6. The Balaban J connectivity index is 3.58. The standard InChI is InChI=1S/C53H95NO3/c1-3-5-7-9-11-13-15-17-19-21-23-24-25-26-27-28-29-31-32-34-36-38-40-42-44-46-48-52(56)51(50-55)54-53(57)49-47-45-43-41-39-37-35-33-30-22-20-18-16-14-12-10-8-6-4-2/h6,8,12,14,18,20,30,33,37,39,43,45,51-52,55-56H,3-5,7,9-11,13,15-17,19,21-29,31-32,34-36,38,40-42,44,46-50H2,1-2H3,(H,54,57)/b8-6-,14-12-,20-18-,33-30-,39-37-,45-43-. The summed E-state index contributed by atoms with van der Waals surface area (Å²) in [6.45, 7) is 4.22. The van der Waals surface area contributed by atoms with Crippen LogP contribution in [0.4, 0.5) is 0 Å². The summed E-state index contributed by atoms with van der Waals surface area (Å²) in [6.07, 6.45) is 68.7. The molecule has 0 fully saturated rings. The number of carbonyl (C=O) groups is 1. The van der Waals surface area contributed by atoms with Gasteiger partial charge in [-0.3, -0.25) is 4.79 Å². The maximum atomic E-state index is 12.4. The Morgan fingerprint density at radius 2 is 0.737 bits per heavy atom. The van der Waals surface area contributed by atoms with E-state index >= 15 is 0 Å². The van der Waals surface area contributed by atoms with Crippen LogP contribution in [0.1, 0.15) is 239 Å². The van der Waals surface area contributed by atoms with E-state index in [1.54, 1.807) is 0 Å². The van der Waals surface area contributed by atoms with Crippen LogP contribution >= 0.6 is 0 Å². The van der Waals surface area contributed by atoms with Crippen molar-refractivity contribution in [2.45, 2.75) is 251 Å². The fraction of sp³-hybridized carbons (Fsp3) is 0.755. The molecule has 0 rings (SSSR count). The van der Waals surface area contributed by atoms with Crippen molar-refractivity contribution in [1.29, 1.82) is 0 Å². The van der Waals surface area contributed by atoms with Gasteiger partial charge >= 0.3 is 0 Å². The van der Waals surface area contributed by atoms with E-state index < -0.39 is 12.1 Å². The topological polar surface area (TPSA) is 69.6 Å². The second-order valence-corrected chi connectivity index (χ2v) is 16.5. The summed E-state index contributed by atoms with van der Waals surface area (Å²) in [5.41, 5.74) is 0. The molecular formula is C53H95NO3. The van der Waals surface area contributed by atoms with E-state index in [-0.39, 0.29) is 12.5 Å². The molecule has 0 bridgehead atoms.